The summed E-state index contributed by atoms with van der Waals surface area (Å²) in [7, 11) is -0.387. The maximum Gasteiger partial charge on any atom is 0.244 e. The highest BCUT2D eigenvalue weighted by Gasteiger charge is 2.22. The van der Waals surface area contributed by atoms with Gasteiger partial charge in [0.15, 0.2) is 0 Å². The molecule has 1 unspecified atom stereocenters. The van der Waals surface area contributed by atoms with Gasteiger partial charge in [-0.25, -0.2) is 17.7 Å². The Morgan fingerprint density at radius 3 is 2.75 bits per heavy atom. The van der Waals surface area contributed by atoms with Crippen molar-refractivity contribution in [2.45, 2.75) is 29.9 Å². The molecule has 24 heavy (non-hydrogen) atoms. The van der Waals surface area contributed by atoms with Crippen molar-refractivity contribution in [2.75, 3.05) is 46.1 Å². The van der Waals surface area contributed by atoms with Gasteiger partial charge in [-0.2, -0.15) is 0 Å². The molecule has 0 spiro atoms. The van der Waals surface area contributed by atoms with Crippen molar-refractivity contribution in [3.63, 3.8) is 0 Å². The van der Waals surface area contributed by atoms with Gasteiger partial charge in [0.25, 0.3) is 0 Å². The summed E-state index contributed by atoms with van der Waals surface area (Å²) in [5.74, 6) is 1.48. The minimum Gasteiger partial charge on any atom is -0.375 e. The van der Waals surface area contributed by atoms with Gasteiger partial charge >= 0.3 is 0 Å². The molecule has 1 aliphatic heterocycles. The summed E-state index contributed by atoms with van der Waals surface area (Å²) in [6, 6.07) is 3.37. The number of pyridine rings is 1. The zero-order valence-corrected chi connectivity index (χ0v) is 16.4. The van der Waals surface area contributed by atoms with Gasteiger partial charge in [0.05, 0.1) is 17.7 Å². The molecule has 8 heteroatoms. The Morgan fingerprint density at radius 2 is 2.17 bits per heavy atom. The monoisotopic (exact) mass is 373 g/mol. The van der Waals surface area contributed by atoms with Crippen LogP contribution in [0.5, 0.6) is 0 Å². The molecule has 0 bridgehead atoms. The summed E-state index contributed by atoms with van der Waals surface area (Å²) in [5, 5.41) is 0.817. The summed E-state index contributed by atoms with van der Waals surface area (Å²) in [6.45, 7) is 8.26. The summed E-state index contributed by atoms with van der Waals surface area (Å²) < 4.78 is 31.1. The first-order valence-electron chi connectivity index (χ1n) is 8.14. The van der Waals surface area contributed by atoms with Crippen molar-refractivity contribution in [1.82, 2.24) is 14.2 Å². The number of hydrogen-bond donors (Lipinski definition) is 0. The second-order valence-corrected chi connectivity index (χ2v) is 9.77. The Kier molecular flexibility index (Phi) is 7.06. The highest BCUT2D eigenvalue weighted by atomic mass is 32.2. The van der Waals surface area contributed by atoms with Crippen LogP contribution in [0.15, 0.2) is 28.3 Å². The van der Waals surface area contributed by atoms with Crippen LogP contribution in [0.25, 0.3) is 0 Å². The van der Waals surface area contributed by atoms with E-state index in [-0.39, 0.29) is 11.0 Å². The van der Waals surface area contributed by atoms with Crippen molar-refractivity contribution >= 4 is 21.8 Å². The van der Waals surface area contributed by atoms with Gasteiger partial charge in [-0.05, 0) is 18.1 Å². The first-order valence-corrected chi connectivity index (χ1v) is 10.6. The third-order valence-electron chi connectivity index (χ3n) is 3.75. The molecule has 2 rings (SSSR count). The fraction of sp³-hybridized carbons (Fsp3) is 0.688. The largest absolute Gasteiger partial charge is 0.375 e. The lowest BCUT2D eigenvalue weighted by Gasteiger charge is -2.33. The van der Waals surface area contributed by atoms with Crippen molar-refractivity contribution in [3.05, 3.63) is 18.3 Å². The third-order valence-corrected chi connectivity index (χ3v) is 6.63. The number of morpholine rings is 1. The molecule has 0 radical (unpaired) electrons. The van der Waals surface area contributed by atoms with Crippen molar-refractivity contribution in [3.8, 4) is 0 Å². The number of hydrogen-bond acceptors (Lipinski definition) is 6. The van der Waals surface area contributed by atoms with Gasteiger partial charge in [-0.1, -0.05) is 13.8 Å². The highest BCUT2D eigenvalue weighted by Crippen LogP contribution is 2.21. The summed E-state index contributed by atoms with van der Waals surface area (Å²) >= 11 is 1.60. The molecule has 1 saturated heterocycles. The standard InChI is InChI=1S/C16H27N3O3S2/c1-13(2)10-19-7-8-22-14(11-19)12-23-16-6-5-15(9-17-16)24(20,21)18(3)4/h5-6,9,13-14H,7-8,10-12H2,1-4H3. The molecule has 1 aromatic heterocycles. The maximum atomic E-state index is 12.0. The Balaban J connectivity index is 1.88. The summed E-state index contributed by atoms with van der Waals surface area (Å²) in [5.41, 5.74) is 0. The lowest BCUT2D eigenvalue weighted by Crippen LogP contribution is -2.44. The molecule has 136 valence electrons. The average Bonchev–Trinajstić information content (AvgIpc) is 2.53. The molecule has 2 heterocycles. The molecule has 1 fully saturated rings. The molecule has 1 aromatic rings. The van der Waals surface area contributed by atoms with Gasteiger partial charge in [0.1, 0.15) is 4.90 Å². The van der Waals surface area contributed by atoms with E-state index in [1.54, 1.807) is 23.9 Å². The lowest BCUT2D eigenvalue weighted by atomic mass is 10.2. The van der Waals surface area contributed by atoms with Crippen molar-refractivity contribution in [2.24, 2.45) is 5.92 Å². The molecule has 6 nitrogen and oxygen atoms in total. The zero-order chi connectivity index (χ0) is 17.7. The second kappa shape index (κ2) is 8.62. The van der Waals surface area contributed by atoms with E-state index in [1.807, 2.05) is 0 Å². The van der Waals surface area contributed by atoms with Crippen molar-refractivity contribution in [1.29, 1.82) is 0 Å². The van der Waals surface area contributed by atoms with E-state index in [4.69, 9.17) is 4.74 Å². The predicted molar refractivity (Wildman–Crippen MR) is 96.9 cm³/mol. The van der Waals surface area contributed by atoms with Crippen LogP contribution in [0.1, 0.15) is 13.8 Å². The highest BCUT2D eigenvalue weighted by molar-refractivity contribution is 7.99. The van der Waals surface area contributed by atoms with Gasteiger partial charge < -0.3 is 4.74 Å². The van der Waals surface area contributed by atoms with Crippen LogP contribution in [0.2, 0.25) is 0 Å². The van der Waals surface area contributed by atoms with E-state index in [9.17, 15) is 8.42 Å². The van der Waals surface area contributed by atoms with E-state index in [1.165, 1.54) is 24.6 Å². The van der Waals surface area contributed by atoms with Crippen LogP contribution in [0, 0.1) is 5.92 Å². The maximum absolute atomic E-state index is 12.0. The molecule has 1 atom stereocenters. The molecule has 0 N–H and O–H groups in total. The molecular formula is C16H27N3O3S2. The van der Waals surface area contributed by atoms with Crippen LogP contribution in [0.4, 0.5) is 0 Å². The Morgan fingerprint density at radius 1 is 1.42 bits per heavy atom. The van der Waals surface area contributed by atoms with Gasteiger partial charge in [-0.3, -0.25) is 4.90 Å². The number of rotatable bonds is 7. The summed E-state index contributed by atoms with van der Waals surface area (Å²) in [4.78, 5) is 6.93. The van der Waals surface area contributed by atoms with Crippen molar-refractivity contribution < 1.29 is 13.2 Å². The van der Waals surface area contributed by atoms with Crippen LogP contribution >= 0.6 is 11.8 Å². The van der Waals surface area contributed by atoms with Crippen LogP contribution in [-0.2, 0) is 14.8 Å². The molecule has 0 aliphatic carbocycles. The number of aromatic nitrogens is 1. The zero-order valence-electron chi connectivity index (χ0n) is 14.8. The number of thioether (sulfide) groups is 1. The average molecular weight is 374 g/mol. The minimum atomic E-state index is -3.42. The quantitative estimate of drug-likeness (QED) is 0.679. The van der Waals surface area contributed by atoms with Gasteiger partial charge in [-0.15, -0.1) is 11.8 Å². The predicted octanol–water partition coefficient (Wildman–Crippen LogP) is 1.78. The lowest BCUT2D eigenvalue weighted by molar-refractivity contribution is -0.0191. The Bertz CT molecular complexity index is 618. The fourth-order valence-electron chi connectivity index (χ4n) is 2.56. The first-order chi connectivity index (χ1) is 11.3. The molecule has 0 aromatic carbocycles. The van der Waals surface area contributed by atoms with Crippen LogP contribution in [-0.4, -0.2) is 74.8 Å². The van der Waals surface area contributed by atoms with Crippen LogP contribution < -0.4 is 0 Å². The third kappa shape index (κ3) is 5.42. The SMILES string of the molecule is CC(C)CN1CCOC(CSc2ccc(S(=O)(=O)N(C)C)cn2)C1. The Labute approximate surface area is 149 Å². The molecule has 1 aliphatic rings. The molecule has 0 amide bonds. The van der Waals surface area contributed by atoms with E-state index in [2.05, 4.69) is 23.7 Å². The second-order valence-electron chi connectivity index (χ2n) is 6.58. The smallest absolute Gasteiger partial charge is 0.244 e. The normalized spacial score (nSPS) is 20.0. The van der Waals surface area contributed by atoms with Crippen LogP contribution in [0.3, 0.4) is 0 Å². The Hall–Kier alpha value is -0.670. The fourth-order valence-corrected chi connectivity index (χ4v) is 4.25. The van der Waals surface area contributed by atoms with E-state index >= 15 is 0 Å². The van der Waals surface area contributed by atoms with Gasteiger partial charge in [0, 0.05) is 45.7 Å². The summed E-state index contributed by atoms with van der Waals surface area (Å²) in [6.07, 6.45) is 1.61. The minimum absolute atomic E-state index is 0.189. The number of sulfonamides is 1. The number of ether oxygens (including phenoxy) is 1. The van der Waals surface area contributed by atoms with E-state index in [0.29, 0.717) is 5.92 Å². The van der Waals surface area contributed by atoms with Gasteiger partial charge in [0.2, 0.25) is 10.0 Å². The first kappa shape index (κ1) is 19.7. The van der Waals surface area contributed by atoms with E-state index in [0.717, 1.165) is 37.0 Å². The molecule has 0 saturated carbocycles. The van der Waals surface area contributed by atoms with E-state index < -0.39 is 10.0 Å². The topological polar surface area (TPSA) is 62.7 Å². The number of nitrogens with zero attached hydrogens (tertiary/aromatic N) is 3. The molecular weight excluding hydrogens is 346 g/mol.